The summed E-state index contributed by atoms with van der Waals surface area (Å²) in [6.45, 7) is 7.15. The molecule has 1 N–H and O–H groups in total. The SMILES string of the molecule is CCOc1ccc(S(=O)(=O)N(CC(=O)N(Cc2c(Cl)cccc2Cl)C(C)C(=O)NCC(C)C)c2ccc(F)cc2)cc1. The highest BCUT2D eigenvalue weighted by Gasteiger charge is 2.33. The van der Waals surface area contributed by atoms with Crippen LogP contribution in [0, 0.1) is 11.7 Å². The van der Waals surface area contributed by atoms with Crippen LogP contribution in [0.5, 0.6) is 5.75 Å². The zero-order valence-electron chi connectivity index (χ0n) is 23.8. The van der Waals surface area contributed by atoms with Gasteiger partial charge in [-0.2, -0.15) is 0 Å². The van der Waals surface area contributed by atoms with Crippen molar-refractivity contribution in [3.8, 4) is 5.75 Å². The Morgan fingerprint density at radius 1 is 0.952 bits per heavy atom. The molecule has 226 valence electrons. The molecule has 0 aromatic heterocycles. The van der Waals surface area contributed by atoms with Crippen LogP contribution in [-0.2, 0) is 26.2 Å². The summed E-state index contributed by atoms with van der Waals surface area (Å²) in [5, 5.41) is 3.38. The number of rotatable bonds is 13. The predicted molar refractivity (Wildman–Crippen MR) is 163 cm³/mol. The predicted octanol–water partition coefficient (Wildman–Crippen LogP) is 5.92. The molecule has 0 spiro atoms. The number of amides is 2. The topological polar surface area (TPSA) is 96.0 Å². The molecule has 0 aliphatic carbocycles. The van der Waals surface area contributed by atoms with Crippen molar-refractivity contribution in [3.63, 3.8) is 0 Å². The molecule has 0 saturated carbocycles. The second-order valence-corrected chi connectivity index (χ2v) is 12.6. The third-order valence-electron chi connectivity index (χ3n) is 6.36. The maximum atomic E-state index is 14.0. The van der Waals surface area contributed by atoms with Gasteiger partial charge >= 0.3 is 0 Å². The van der Waals surface area contributed by atoms with E-state index in [0.717, 1.165) is 16.4 Å². The molecule has 42 heavy (non-hydrogen) atoms. The first kappa shape index (κ1) is 33.2. The monoisotopic (exact) mass is 637 g/mol. The lowest BCUT2D eigenvalue weighted by Gasteiger charge is -2.32. The molecule has 1 atom stereocenters. The molecule has 3 aromatic carbocycles. The van der Waals surface area contributed by atoms with Crippen LogP contribution in [0.4, 0.5) is 10.1 Å². The average Bonchev–Trinajstić information content (AvgIpc) is 2.95. The lowest BCUT2D eigenvalue weighted by Crippen LogP contribution is -2.51. The summed E-state index contributed by atoms with van der Waals surface area (Å²) in [5.41, 5.74) is 0.465. The number of carbonyl (C=O) groups is 2. The van der Waals surface area contributed by atoms with Gasteiger partial charge in [-0.25, -0.2) is 12.8 Å². The first-order chi connectivity index (χ1) is 19.8. The van der Waals surface area contributed by atoms with Gasteiger partial charge in [-0.15, -0.1) is 0 Å². The van der Waals surface area contributed by atoms with E-state index in [1.54, 1.807) is 32.0 Å². The van der Waals surface area contributed by atoms with Crippen molar-refractivity contribution >= 4 is 50.7 Å². The maximum absolute atomic E-state index is 14.0. The Balaban J connectivity index is 2.04. The van der Waals surface area contributed by atoms with Gasteiger partial charge in [0.2, 0.25) is 11.8 Å². The lowest BCUT2D eigenvalue weighted by molar-refractivity contribution is -0.139. The summed E-state index contributed by atoms with van der Waals surface area (Å²) in [7, 11) is -4.33. The number of carbonyl (C=O) groups excluding carboxylic acids is 2. The van der Waals surface area contributed by atoms with Crippen LogP contribution in [0.15, 0.2) is 71.6 Å². The van der Waals surface area contributed by atoms with E-state index in [1.165, 1.54) is 41.3 Å². The summed E-state index contributed by atoms with van der Waals surface area (Å²) in [6.07, 6.45) is 0. The Kier molecular flexibility index (Phi) is 11.6. The second kappa shape index (κ2) is 14.7. The van der Waals surface area contributed by atoms with Crippen molar-refractivity contribution in [3.05, 3.63) is 88.2 Å². The second-order valence-electron chi connectivity index (χ2n) is 9.93. The van der Waals surface area contributed by atoms with Crippen LogP contribution in [0.25, 0.3) is 0 Å². The zero-order valence-corrected chi connectivity index (χ0v) is 26.1. The minimum absolute atomic E-state index is 0.0614. The largest absolute Gasteiger partial charge is 0.494 e. The van der Waals surface area contributed by atoms with Crippen molar-refractivity contribution in [1.82, 2.24) is 10.2 Å². The molecular weight excluding hydrogens is 604 g/mol. The number of sulfonamides is 1. The van der Waals surface area contributed by atoms with E-state index >= 15 is 0 Å². The third-order valence-corrected chi connectivity index (χ3v) is 8.85. The summed E-state index contributed by atoms with van der Waals surface area (Å²) in [4.78, 5) is 28.2. The molecule has 0 fully saturated rings. The van der Waals surface area contributed by atoms with Gasteiger partial charge < -0.3 is 15.0 Å². The minimum atomic E-state index is -4.33. The summed E-state index contributed by atoms with van der Waals surface area (Å²) in [6, 6.07) is 14.3. The Hall–Kier alpha value is -3.34. The number of nitrogens with one attached hydrogen (secondary N) is 1. The fourth-order valence-electron chi connectivity index (χ4n) is 4.03. The molecule has 0 saturated heterocycles. The Morgan fingerprint density at radius 2 is 1.55 bits per heavy atom. The van der Waals surface area contributed by atoms with E-state index in [-0.39, 0.29) is 33.1 Å². The van der Waals surface area contributed by atoms with E-state index in [1.807, 2.05) is 13.8 Å². The molecule has 12 heteroatoms. The maximum Gasteiger partial charge on any atom is 0.264 e. The minimum Gasteiger partial charge on any atom is -0.494 e. The molecule has 3 aromatic rings. The number of anilines is 1. The van der Waals surface area contributed by atoms with Gasteiger partial charge in [0.15, 0.2) is 0 Å². The van der Waals surface area contributed by atoms with Crippen LogP contribution in [-0.4, -0.2) is 50.9 Å². The fraction of sp³-hybridized carbons (Fsp3) is 0.333. The van der Waals surface area contributed by atoms with Gasteiger partial charge in [0.25, 0.3) is 10.0 Å². The van der Waals surface area contributed by atoms with E-state index in [0.29, 0.717) is 24.5 Å². The van der Waals surface area contributed by atoms with Crippen LogP contribution >= 0.6 is 23.2 Å². The molecule has 0 aliphatic heterocycles. The number of benzene rings is 3. The van der Waals surface area contributed by atoms with Gasteiger partial charge in [-0.3, -0.25) is 13.9 Å². The first-order valence-corrected chi connectivity index (χ1v) is 15.6. The zero-order chi connectivity index (χ0) is 31.0. The summed E-state index contributed by atoms with van der Waals surface area (Å²) in [5.74, 6) is -1.06. The molecule has 1 unspecified atom stereocenters. The van der Waals surface area contributed by atoms with Crippen LogP contribution in [0.3, 0.4) is 0 Å². The molecule has 0 radical (unpaired) electrons. The quantitative estimate of drug-likeness (QED) is 0.251. The molecule has 3 rings (SSSR count). The number of hydrogen-bond acceptors (Lipinski definition) is 5. The van der Waals surface area contributed by atoms with Crippen molar-refractivity contribution in [2.45, 2.75) is 45.2 Å². The van der Waals surface area contributed by atoms with Gasteiger partial charge in [-0.1, -0.05) is 43.1 Å². The van der Waals surface area contributed by atoms with E-state index in [2.05, 4.69) is 5.32 Å². The van der Waals surface area contributed by atoms with Gasteiger partial charge in [0.1, 0.15) is 24.2 Å². The van der Waals surface area contributed by atoms with Crippen LogP contribution in [0.1, 0.15) is 33.3 Å². The van der Waals surface area contributed by atoms with E-state index < -0.39 is 40.2 Å². The summed E-state index contributed by atoms with van der Waals surface area (Å²) < 4.78 is 47.9. The highest BCUT2D eigenvalue weighted by atomic mass is 35.5. The molecule has 0 heterocycles. The standard InChI is InChI=1S/C30H34Cl2FN3O5S/c1-5-41-24-13-15-25(16-14-24)42(39,40)36(23-11-9-22(33)10-12-23)19-29(37)35(21(4)30(38)34-17-20(2)3)18-26-27(31)7-6-8-28(26)32/h6-16,20-21H,5,17-19H2,1-4H3,(H,34,38). The van der Waals surface area contributed by atoms with Crippen LogP contribution in [0.2, 0.25) is 10.0 Å². The third kappa shape index (κ3) is 8.36. The van der Waals surface area contributed by atoms with Gasteiger partial charge in [0, 0.05) is 28.7 Å². The number of hydrogen-bond donors (Lipinski definition) is 1. The number of halogens is 3. The average molecular weight is 639 g/mol. The molecule has 2 amide bonds. The summed E-state index contributed by atoms with van der Waals surface area (Å²) >= 11 is 12.8. The normalized spacial score (nSPS) is 12.1. The first-order valence-electron chi connectivity index (χ1n) is 13.4. The lowest BCUT2D eigenvalue weighted by atomic mass is 10.1. The smallest absolute Gasteiger partial charge is 0.264 e. The van der Waals surface area contributed by atoms with Crippen molar-refractivity contribution in [1.29, 1.82) is 0 Å². The van der Waals surface area contributed by atoms with Gasteiger partial charge in [0.05, 0.1) is 17.2 Å². The number of nitrogens with zero attached hydrogens (tertiary/aromatic N) is 2. The van der Waals surface area contributed by atoms with Crippen molar-refractivity contribution in [2.75, 3.05) is 24.0 Å². The van der Waals surface area contributed by atoms with Gasteiger partial charge in [-0.05, 0) is 80.4 Å². The highest BCUT2D eigenvalue weighted by Crippen LogP contribution is 2.29. The number of ether oxygens (including phenoxy) is 1. The van der Waals surface area contributed by atoms with Crippen molar-refractivity contribution in [2.24, 2.45) is 5.92 Å². The molecule has 0 bridgehead atoms. The van der Waals surface area contributed by atoms with E-state index in [9.17, 15) is 22.4 Å². The van der Waals surface area contributed by atoms with Crippen molar-refractivity contribution < 1.29 is 27.1 Å². The Morgan fingerprint density at radius 3 is 2.10 bits per heavy atom. The Bertz CT molecular complexity index is 1470. The molecular formula is C30H34Cl2FN3O5S. The molecule has 0 aliphatic rings. The highest BCUT2D eigenvalue weighted by molar-refractivity contribution is 7.92. The van der Waals surface area contributed by atoms with Crippen LogP contribution < -0.4 is 14.4 Å². The fourth-order valence-corrected chi connectivity index (χ4v) is 5.96. The Labute approximate surface area is 256 Å². The molecule has 8 nitrogen and oxygen atoms in total. The van der Waals surface area contributed by atoms with E-state index in [4.69, 9.17) is 27.9 Å².